The Bertz CT molecular complexity index is 1490. The summed E-state index contributed by atoms with van der Waals surface area (Å²) < 4.78 is 0. The Morgan fingerprint density at radius 1 is 0.757 bits per heavy atom. The third kappa shape index (κ3) is 6.05. The molecule has 7 nitrogen and oxygen atoms in total. The molecular formula is C29H24N2O5S. The van der Waals surface area contributed by atoms with E-state index >= 15 is 0 Å². The van der Waals surface area contributed by atoms with Gasteiger partial charge < -0.3 is 15.7 Å². The number of hydrogen-bond donors (Lipinski definition) is 3. The Morgan fingerprint density at radius 2 is 1.32 bits per heavy atom. The summed E-state index contributed by atoms with van der Waals surface area (Å²) in [5.74, 6) is -1.73. The maximum Gasteiger partial charge on any atom is 0.336 e. The van der Waals surface area contributed by atoms with Crippen LogP contribution in [0.2, 0.25) is 0 Å². The molecule has 0 aliphatic carbocycles. The molecule has 0 saturated heterocycles. The van der Waals surface area contributed by atoms with Gasteiger partial charge in [0.25, 0.3) is 5.91 Å². The molecule has 2 amide bonds. The summed E-state index contributed by atoms with van der Waals surface area (Å²) in [7, 11) is 0. The number of Topliss-reactive ketones (excluding diaryl/α,β-unsaturated/α-hetero) is 1. The third-order valence-corrected chi connectivity index (χ3v) is 6.84. The van der Waals surface area contributed by atoms with Gasteiger partial charge in [0.05, 0.1) is 10.8 Å². The number of carbonyl (C=O) groups excluding carboxylic acids is 3. The largest absolute Gasteiger partial charge is 0.478 e. The van der Waals surface area contributed by atoms with Crippen molar-refractivity contribution in [3.05, 3.63) is 102 Å². The van der Waals surface area contributed by atoms with Crippen LogP contribution in [0.15, 0.2) is 89.8 Å². The topological polar surface area (TPSA) is 113 Å². The number of rotatable bonds is 8. The molecule has 186 valence electrons. The molecule has 4 aromatic carbocycles. The molecule has 0 aliphatic heterocycles. The quantitative estimate of drug-likeness (QED) is 0.194. The fraction of sp³-hybridized carbons (Fsp3) is 0.103. The van der Waals surface area contributed by atoms with Crippen LogP contribution in [-0.4, -0.2) is 33.9 Å². The van der Waals surface area contributed by atoms with E-state index in [0.29, 0.717) is 27.7 Å². The van der Waals surface area contributed by atoms with Crippen molar-refractivity contribution in [2.75, 3.05) is 10.6 Å². The van der Waals surface area contributed by atoms with Crippen LogP contribution in [0.1, 0.15) is 44.9 Å². The van der Waals surface area contributed by atoms with Crippen LogP contribution in [0.3, 0.4) is 0 Å². The highest BCUT2D eigenvalue weighted by Crippen LogP contribution is 2.27. The van der Waals surface area contributed by atoms with Crippen molar-refractivity contribution in [3.63, 3.8) is 0 Å². The lowest BCUT2D eigenvalue weighted by molar-refractivity contribution is -0.115. The Balaban J connectivity index is 1.41. The maximum absolute atomic E-state index is 13.0. The Hall–Kier alpha value is -4.43. The van der Waals surface area contributed by atoms with Crippen LogP contribution < -0.4 is 10.6 Å². The Labute approximate surface area is 217 Å². The average molecular weight is 513 g/mol. The van der Waals surface area contributed by atoms with Gasteiger partial charge in [-0.1, -0.05) is 24.3 Å². The van der Waals surface area contributed by atoms with Crippen LogP contribution in [0.5, 0.6) is 0 Å². The normalized spacial score (nSPS) is 11.5. The van der Waals surface area contributed by atoms with Gasteiger partial charge in [-0.15, -0.1) is 11.8 Å². The monoisotopic (exact) mass is 512 g/mol. The highest BCUT2D eigenvalue weighted by atomic mass is 32.2. The number of fused-ring (bicyclic) bond motifs is 1. The molecule has 0 radical (unpaired) electrons. The van der Waals surface area contributed by atoms with Gasteiger partial charge in [0, 0.05) is 32.8 Å². The first-order valence-corrected chi connectivity index (χ1v) is 12.4. The van der Waals surface area contributed by atoms with E-state index < -0.39 is 17.1 Å². The first kappa shape index (κ1) is 25.7. The lowest BCUT2D eigenvalue weighted by Crippen LogP contribution is -2.22. The zero-order chi connectivity index (χ0) is 26.5. The summed E-state index contributed by atoms with van der Waals surface area (Å²) >= 11 is 1.37. The molecule has 4 rings (SSSR count). The zero-order valence-electron chi connectivity index (χ0n) is 20.1. The predicted octanol–water partition coefficient (Wildman–Crippen LogP) is 6.11. The van der Waals surface area contributed by atoms with E-state index in [1.54, 1.807) is 85.8 Å². The first-order chi connectivity index (χ1) is 17.7. The molecule has 3 N–H and O–H groups in total. The number of anilines is 2. The van der Waals surface area contributed by atoms with Gasteiger partial charge in [0.15, 0.2) is 5.78 Å². The van der Waals surface area contributed by atoms with Crippen molar-refractivity contribution in [2.24, 2.45) is 0 Å². The van der Waals surface area contributed by atoms with Crippen molar-refractivity contribution in [2.45, 2.75) is 24.0 Å². The van der Waals surface area contributed by atoms with Crippen molar-refractivity contribution < 1.29 is 24.3 Å². The minimum absolute atomic E-state index is 0.0384. The minimum atomic E-state index is -1.10. The summed E-state index contributed by atoms with van der Waals surface area (Å²) in [4.78, 5) is 49.5. The molecule has 0 aliphatic rings. The molecule has 0 fully saturated rings. The molecule has 8 heteroatoms. The Morgan fingerprint density at radius 3 is 1.92 bits per heavy atom. The second-order valence-corrected chi connectivity index (χ2v) is 9.79. The standard InChI is InChI=1S/C29H24N2O5S/c1-17(32)19-9-11-21(12-10-19)30-27(33)18(2)37-23-15-13-22(14-16-23)31-28(34)24-7-3-5-20-6-4-8-25(26(20)24)29(35)36/h3-16,18H,1-2H3,(H,30,33)(H,31,34)(H,35,36). The fourth-order valence-electron chi connectivity index (χ4n) is 3.81. The summed E-state index contributed by atoms with van der Waals surface area (Å²) in [5.41, 5.74) is 2.07. The predicted molar refractivity (Wildman–Crippen MR) is 146 cm³/mol. The molecular weight excluding hydrogens is 488 g/mol. The van der Waals surface area contributed by atoms with Gasteiger partial charge in [-0.05, 0) is 79.9 Å². The smallest absolute Gasteiger partial charge is 0.336 e. The lowest BCUT2D eigenvalue weighted by atomic mass is 9.98. The van der Waals surface area contributed by atoms with Gasteiger partial charge >= 0.3 is 5.97 Å². The number of hydrogen-bond acceptors (Lipinski definition) is 5. The summed E-state index contributed by atoms with van der Waals surface area (Å²) in [6, 6.07) is 23.8. The van der Waals surface area contributed by atoms with E-state index in [0.717, 1.165) is 4.90 Å². The van der Waals surface area contributed by atoms with E-state index in [9.17, 15) is 24.3 Å². The lowest BCUT2D eigenvalue weighted by Gasteiger charge is -2.13. The number of carbonyl (C=O) groups is 4. The molecule has 1 unspecified atom stereocenters. The van der Waals surface area contributed by atoms with Gasteiger partial charge in [-0.2, -0.15) is 0 Å². The number of aromatic carboxylic acids is 1. The molecule has 0 heterocycles. The van der Waals surface area contributed by atoms with Crippen molar-refractivity contribution >= 4 is 57.5 Å². The number of ketones is 1. The third-order valence-electron chi connectivity index (χ3n) is 5.73. The van der Waals surface area contributed by atoms with Gasteiger partial charge in [0.2, 0.25) is 5.91 Å². The van der Waals surface area contributed by atoms with Crippen LogP contribution in [0.25, 0.3) is 10.8 Å². The van der Waals surface area contributed by atoms with E-state index in [2.05, 4.69) is 10.6 Å². The fourth-order valence-corrected chi connectivity index (χ4v) is 4.68. The van der Waals surface area contributed by atoms with Crippen LogP contribution in [0.4, 0.5) is 11.4 Å². The van der Waals surface area contributed by atoms with Crippen LogP contribution >= 0.6 is 11.8 Å². The number of carboxylic acids is 1. The molecule has 0 aromatic heterocycles. The van der Waals surface area contributed by atoms with Crippen molar-refractivity contribution in [1.82, 2.24) is 0 Å². The maximum atomic E-state index is 13.0. The number of amides is 2. The molecule has 0 spiro atoms. The average Bonchev–Trinajstić information content (AvgIpc) is 2.89. The second kappa shape index (κ2) is 11.1. The Kier molecular flexibility index (Phi) is 7.69. The van der Waals surface area contributed by atoms with Gasteiger partial charge in [0.1, 0.15) is 0 Å². The number of nitrogens with one attached hydrogen (secondary N) is 2. The SMILES string of the molecule is CC(=O)c1ccc(NC(=O)C(C)Sc2ccc(NC(=O)c3cccc4cccc(C(=O)O)c34)cc2)cc1. The first-order valence-electron chi connectivity index (χ1n) is 11.5. The van der Waals surface area contributed by atoms with E-state index in [1.807, 2.05) is 0 Å². The van der Waals surface area contributed by atoms with E-state index in [1.165, 1.54) is 24.8 Å². The number of carboxylic acid groups (broad SMARTS) is 1. The molecule has 4 aromatic rings. The molecule has 1 atom stereocenters. The zero-order valence-corrected chi connectivity index (χ0v) is 21.0. The summed E-state index contributed by atoms with van der Waals surface area (Å²) in [6.07, 6.45) is 0. The summed E-state index contributed by atoms with van der Waals surface area (Å²) in [6.45, 7) is 3.28. The van der Waals surface area contributed by atoms with E-state index in [-0.39, 0.29) is 22.8 Å². The van der Waals surface area contributed by atoms with Crippen LogP contribution in [-0.2, 0) is 4.79 Å². The van der Waals surface area contributed by atoms with Gasteiger partial charge in [-0.3, -0.25) is 14.4 Å². The summed E-state index contributed by atoms with van der Waals surface area (Å²) in [5, 5.41) is 15.9. The molecule has 37 heavy (non-hydrogen) atoms. The second-order valence-electron chi connectivity index (χ2n) is 8.38. The minimum Gasteiger partial charge on any atom is -0.478 e. The molecule has 0 saturated carbocycles. The van der Waals surface area contributed by atoms with Gasteiger partial charge in [-0.25, -0.2) is 4.79 Å². The van der Waals surface area contributed by atoms with Crippen molar-refractivity contribution in [3.8, 4) is 0 Å². The van der Waals surface area contributed by atoms with Crippen LogP contribution in [0, 0.1) is 0 Å². The highest BCUT2D eigenvalue weighted by molar-refractivity contribution is 8.00. The van der Waals surface area contributed by atoms with E-state index in [4.69, 9.17) is 0 Å². The highest BCUT2D eigenvalue weighted by Gasteiger charge is 2.18. The number of benzene rings is 4. The number of thioether (sulfide) groups is 1. The molecule has 0 bridgehead atoms. The van der Waals surface area contributed by atoms with Crippen molar-refractivity contribution in [1.29, 1.82) is 0 Å².